The molecule has 2 aromatic carbocycles. The highest BCUT2D eigenvalue weighted by atomic mass is 32.2. The number of benzene rings is 2. The Hall–Kier alpha value is -2.18. The lowest BCUT2D eigenvalue weighted by molar-refractivity contribution is -0.123. The first-order chi connectivity index (χ1) is 14.2. The summed E-state index contributed by atoms with van der Waals surface area (Å²) in [4.78, 5) is 26.3. The Kier molecular flexibility index (Phi) is 6.31. The van der Waals surface area contributed by atoms with Crippen molar-refractivity contribution >= 4 is 35.2 Å². The van der Waals surface area contributed by atoms with Gasteiger partial charge in [-0.05, 0) is 35.6 Å². The monoisotopic (exact) mass is 425 g/mol. The predicted octanol–water partition coefficient (Wildman–Crippen LogP) is 4.38. The maximum atomic E-state index is 13.3. The maximum Gasteiger partial charge on any atom is 0.256 e. The Morgan fingerprint density at radius 3 is 2.38 bits per heavy atom. The van der Waals surface area contributed by atoms with Crippen LogP contribution in [0.15, 0.2) is 64.4 Å². The summed E-state index contributed by atoms with van der Waals surface area (Å²) >= 11 is 3.24. The van der Waals surface area contributed by atoms with E-state index in [1.807, 2.05) is 54.6 Å². The number of Topliss-reactive ketones (excluding diaryl/α,β-unsaturated/α-hetero) is 1. The number of carbonyl (C=O) groups is 2. The molecule has 2 fully saturated rings. The summed E-state index contributed by atoms with van der Waals surface area (Å²) in [5.74, 6) is 2.48. The zero-order valence-corrected chi connectivity index (χ0v) is 17.9. The molecule has 2 aliphatic rings. The van der Waals surface area contributed by atoms with Crippen LogP contribution < -0.4 is 10.1 Å². The van der Waals surface area contributed by atoms with Crippen molar-refractivity contribution in [2.75, 3.05) is 18.6 Å². The van der Waals surface area contributed by atoms with E-state index in [0.717, 1.165) is 39.0 Å². The van der Waals surface area contributed by atoms with Crippen molar-refractivity contribution in [1.82, 2.24) is 5.32 Å². The van der Waals surface area contributed by atoms with E-state index in [1.165, 1.54) is 0 Å². The van der Waals surface area contributed by atoms with Crippen LogP contribution in [-0.2, 0) is 16.1 Å². The van der Waals surface area contributed by atoms with Gasteiger partial charge in [0.15, 0.2) is 5.78 Å². The second-order valence-corrected chi connectivity index (χ2v) is 9.58. The second kappa shape index (κ2) is 9.09. The number of carbonyl (C=O) groups excluding carboxylic acids is 2. The smallest absolute Gasteiger partial charge is 0.256 e. The molecule has 150 valence electrons. The molecular formula is C23H23NO3S2. The molecule has 0 aromatic heterocycles. The SMILES string of the molecule is COc1ccc([C@H]2C[C@H]2C(=O)C(C(=O)NCc2ccccc2)=C2SCCS2)cc1. The average Bonchev–Trinajstić information content (AvgIpc) is 3.40. The van der Waals surface area contributed by atoms with Crippen LogP contribution in [-0.4, -0.2) is 30.3 Å². The van der Waals surface area contributed by atoms with E-state index in [9.17, 15) is 9.59 Å². The number of thioether (sulfide) groups is 2. The van der Waals surface area contributed by atoms with Crippen molar-refractivity contribution in [3.05, 3.63) is 75.5 Å². The van der Waals surface area contributed by atoms with E-state index in [2.05, 4.69) is 5.32 Å². The van der Waals surface area contributed by atoms with Crippen LogP contribution >= 0.6 is 23.5 Å². The third-order valence-corrected chi connectivity index (χ3v) is 7.91. The van der Waals surface area contributed by atoms with Gasteiger partial charge in [0.05, 0.1) is 11.3 Å². The topological polar surface area (TPSA) is 55.4 Å². The van der Waals surface area contributed by atoms with Gasteiger partial charge in [0.1, 0.15) is 11.3 Å². The molecule has 1 heterocycles. The summed E-state index contributed by atoms with van der Waals surface area (Å²) in [6.07, 6.45) is 0.795. The molecule has 2 aromatic rings. The molecule has 29 heavy (non-hydrogen) atoms. The van der Waals surface area contributed by atoms with Crippen LogP contribution in [0, 0.1) is 5.92 Å². The largest absolute Gasteiger partial charge is 0.497 e. The number of ether oxygens (including phenoxy) is 1. The lowest BCUT2D eigenvalue weighted by atomic mass is 10.0. The number of amides is 1. The van der Waals surface area contributed by atoms with Gasteiger partial charge < -0.3 is 10.1 Å². The minimum absolute atomic E-state index is 0.0201. The van der Waals surface area contributed by atoms with Crippen molar-refractivity contribution in [1.29, 1.82) is 0 Å². The number of ketones is 1. The van der Waals surface area contributed by atoms with E-state index in [-0.39, 0.29) is 23.5 Å². The van der Waals surface area contributed by atoms with E-state index in [0.29, 0.717) is 12.1 Å². The molecule has 1 saturated heterocycles. The van der Waals surface area contributed by atoms with Gasteiger partial charge in [-0.3, -0.25) is 9.59 Å². The van der Waals surface area contributed by atoms with E-state index < -0.39 is 0 Å². The summed E-state index contributed by atoms with van der Waals surface area (Å²) in [5.41, 5.74) is 2.51. The third-order valence-electron chi connectivity index (χ3n) is 5.19. The summed E-state index contributed by atoms with van der Waals surface area (Å²) < 4.78 is 6.09. The molecule has 0 radical (unpaired) electrons. The van der Waals surface area contributed by atoms with Crippen molar-refractivity contribution in [3.8, 4) is 5.75 Å². The summed E-state index contributed by atoms with van der Waals surface area (Å²) in [6.45, 7) is 0.422. The predicted molar refractivity (Wildman–Crippen MR) is 119 cm³/mol. The highest BCUT2D eigenvalue weighted by Gasteiger charge is 2.46. The fourth-order valence-corrected chi connectivity index (χ4v) is 6.06. The molecule has 6 heteroatoms. The number of rotatable bonds is 7. The molecule has 0 bridgehead atoms. The zero-order valence-electron chi connectivity index (χ0n) is 16.2. The molecule has 1 saturated carbocycles. The van der Waals surface area contributed by atoms with Gasteiger partial charge in [-0.25, -0.2) is 0 Å². The van der Waals surface area contributed by atoms with Crippen molar-refractivity contribution in [2.45, 2.75) is 18.9 Å². The maximum absolute atomic E-state index is 13.3. The lowest BCUT2D eigenvalue weighted by Gasteiger charge is -2.11. The molecule has 2 atom stereocenters. The molecule has 0 spiro atoms. The number of nitrogens with one attached hydrogen (secondary N) is 1. The van der Waals surface area contributed by atoms with Crippen molar-refractivity contribution < 1.29 is 14.3 Å². The number of methoxy groups -OCH3 is 1. The van der Waals surface area contributed by atoms with Crippen LogP contribution in [0.1, 0.15) is 23.5 Å². The van der Waals surface area contributed by atoms with Crippen LogP contribution in [0.4, 0.5) is 0 Å². The fourth-order valence-electron chi connectivity index (χ4n) is 3.52. The number of hydrogen-bond donors (Lipinski definition) is 1. The molecule has 1 aliphatic carbocycles. The molecule has 4 nitrogen and oxygen atoms in total. The highest BCUT2D eigenvalue weighted by Crippen LogP contribution is 2.51. The van der Waals surface area contributed by atoms with Crippen molar-refractivity contribution in [2.24, 2.45) is 5.92 Å². The Balaban J connectivity index is 1.48. The van der Waals surface area contributed by atoms with Gasteiger partial charge in [-0.15, -0.1) is 23.5 Å². The molecule has 1 N–H and O–H groups in total. The van der Waals surface area contributed by atoms with Crippen molar-refractivity contribution in [3.63, 3.8) is 0 Å². The van der Waals surface area contributed by atoms with Gasteiger partial charge in [0, 0.05) is 24.0 Å². The van der Waals surface area contributed by atoms with Crippen LogP contribution in [0.5, 0.6) is 5.75 Å². The average molecular weight is 426 g/mol. The minimum atomic E-state index is -0.254. The fraction of sp³-hybridized carbons (Fsp3) is 0.304. The summed E-state index contributed by atoms with van der Waals surface area (Å²) in [7, 11) is 1.64. The quantitative estimate of drug-likeness (QED) is 0.405. The Morgan fingerprint density at radius 2 is 1.72 bits per heavy atom. The second-order valence-electron chi connectivity index (χ2n) is 7.11. The number of hydrogen-bond acceptors (Lipinski definition) is 5. The molecule has 0 unspecified atom stereocenters. The normalized spacial score (nSPS) is 20.2. The molecular weight excluding hydrogens is 402 g/mol. The Bertz CT molecular complexity index is 917. The van der Waals surface area contributed by atoms with Gasteiger partial charge in [0.2, 0.25) is 0 Å². The summed E-state index contributed by atoms with van der Waals surface area (Å²) in [5, 5.41) is 2.95. The van der Waals surface area contributed by atoms with Gasteiger partial charge in [-0.1, -0.05) is 42.5 Å². The highest BCUT2D eigenvalue weighted by molar-refractivity contribution is 8.25. The first kappa shape index (κ1) is 20.1. The third kappa shape index (κ3) is 4.70. The van der Waals surface area contributed by atoms with Gasteiger partial charge in [-0.2, -0.15) is 0 Å². The van der Waals surface area contributed by atoms with Crippen LogP contribution in [0.3, 0.4) is 0 Å². The lowest BCUT2D eigenvalue weighted by Crippen LogP contribution is -2.29. The van der Waals surface area contributed by atoms with Crippen LogP contribution in [0.2, 0.25) is 0 Å². The first-order valence-corrected chi connectivity index (χ1v) is 11.6. The Labute approximate surface area is 179 Å². The molecule has 1 amide bonds. The Morgan fingerprint density at radius 1 is 1.03 bits per heavy atom. The zero-order chi connectivity index (χ0) is 20.2. The van der Waals surface area contributed by atoms with Crippen LogP contribution in [0.25, 0.3) is 0 Å². The van der Waals surface area contributed by atoms with Gasteiger partial charge >= 0.3 is 0 Å². The van der Waals surface area contributed by atoms with E-state index in [1.54, 1.807) is 30.6 Å². The molecule has 1 aliphatic heterocycles. The molecule has 4 rings (SSSR count). The minimum Gasteiger partial charge on any atom is -0.497 e. The van der Waals surface area contributed by atoms with E-state index in [4.69, 9.17) is 4.74 Å². The standard InChI is InChI=1S/C23H23NO3S2/c1-27-17-9-7-16(8-10-17)18-13-19(18)21(25)20(23-28-11-12-29-23)22(26)24-14-15-5-3-2-4-6-15/h2-10,18-19H,11-14H2,1H3,(H,24,26)/t18-,19-/m1/s1. The van der Waals surface area contributed by atoms with E-state index >= 15 is 0 Å². The summed E-state index contributed by atoms with van der Waals surface area (Å²) in [6, 6.07) is 17.6. The first-order valence-electron chi connectivity index (χ1n) is 9.67. The van der Waals surface area contributed by atoms with Gasteiger partial charge in [0.25, 0.3) is 5.91 Å².